The van der Waals surface area contributed by atoms with Crippen LogP contribution in [0.5, 0.6) is 0 Å². The largest absolute Gasteiger partial charge is 0.380 e. The minimum Gasteiger partial charge on any atom is -0.380 e. The number of aromatic nitrogens is 1. The fraction of sp³-hybridized carbons (Fsp3) is 0.316. The molecule has 24 heavy (non-hydrogen) atoms. The van der Waals surface area contributed by atoms with Gasteiger partial charge in [0.2, 0.25) is 0 Å². The first-order valence-corrected chi connectivity index (χ1v) is 7.94. The molecule has 2 fully saturated rings. The van der Waals surface area contributed by atoms with Gasteiger partial charge in [0.15, 0.2) is 5.82 Å². The van der Waals surface area contributed by atoms with Gasteiger partial charge in [-0.3, -0.25) is 0 Å². The zero-order valence-electron chi connectivity index (χ0n) is 13.1. The summed E-state index contributed by atoms with van der Waals surface area (Å²) in [6.07, 6.45) is 2.10. The minimum atomic E-state index is -1.35. The molecule has 1 saturated heterocycles. The molecule has 0 amide bonds. The maximum Gasteiger partial charge on any atom is 0.155 e. The van der Waals surface area contributed by atoms with Crippen LogP contribution in [0, 0.1) is 17.6 Å². The Morgan fingerprint density at radius 3 is 2.42 bits per heavy atom. The molecule has 1 aliphatic carbocycles. The quantitative estimate of drug-likeness (QED) is 0.931. The highest BCUT2D eigenvalue weighted by Gasteiger charge is 2.42. The summed E-state index contributed by atoms with van der Waals surface area (Å²) in [5.74, 6) is -0.632. The summed E-state index contributed by atoms with van der Waals surface area (Å²) in [6, 6.07) is 7.07. The SMILES string of the molecule is C=C(c1cc(C2(O)COC2)c(F)c(-c2ccc(F)cc2)n1)C1CC1. The second kappa shape index (κ2) is 5.46. The van der Waals surface area contributed by atoms with E-state index in [1.165, 1.54) is 24.3 Å². The molecule has 0 bridgehead atoms. The molecule has 4 rings (SSSR count). The van der Waals surface area contributed by atoms with Gasteiger partial charge in [0, 0.05) is 11.1 Å². The summed E-state index contributed by atoms with van der Waals surface area (Å²) in [6.45, 7) is 4.17. The number of hydrogen-bond donors (Lipinski definition) is 1. The number of rotatable bonds is 4. The number of halogens is 2. The molecule has 0 radical (unpaired) electrons. The van der Waals surface area contributed by atoms with E-state index in [-0.39, 0.29) is 24.5 Å². The topological polar surface area (TPSA) is 42.4 Å². The van der Waals surface area contributed by atoms with E-state index in [1.807, 2.05) is 0 Å². The lowest BCUT2D eigenvalue weighted by atomic mass is 9.89. The van der Waals surface area contributed by atoms with Gasteiger partial charge in [-0.05, 0) is 54.7 Å². The molecule has 1 aliphatic heterocycles. The van der Waals surface area contributed by atoms with Gasteiger partial charge in [-0.15, -0.1) is 0 Å². The van der Waals surface area contributed by atoms with E-state index in [9.17, 15) is 9.50 Å². The van der Waals surface area contributed by atoms with Crippen LogP contribution in [0.25, 0.3) is 16.8 Å². The molecule has 1 N–H and O–H groups in total. The molecule has 2 aliphatic rings. The fourth-order valence-corrected chi connectivity index (χ4v) is 2.92. The van der Waals surface area contributed by atoms with E-state index in [0.29, 0.717) is 17.2 Å². The number of aliphatic hydroxyl groups is 1. The highest BCUT2D eigenvalue weighted by Crippen LogP contribution is 2.43. The molecule has 0 spiro atoms. The highest BCUT2D eigenvalue weighted by atomic mass is 19.1. The van der Waals surface area contributed by atoms with Gasteiger partial charge in [-0.1, -0.05) is 6.58 Å². The van der Waals surface area contributed by atoms with Crippen LogP contribution in [0.15, 0.2) is 36.9 Å². The summed E-state index contributed by atoms with van der Waals surface area (Å²) < 4.78 is 33.3. The van der Waals surface area contributed by atoms with Crippen LogP contribution in [0.3, 0.4) is 0 Å². The molecular formula is C19H17F2NO2. The maximum atomic E-state index is 15.0. The molecule has 0 unspecified atom stereocenters. The third-order valence-electron chi connectivity index (χ3n) is 4.66. The van der Waals surface area contributed by atoms with Crippen LogP contribution < -0.4 is 0 Å². The van der Waals surface area contributed by atoms with Gasteiger partial charge >= 0.3 is 0 Å². The summed E-state index contributed by atoms with van der Waals surface area (Å²) >= 11 is 0. The predicted octanol–water partition coefficient (Wildman–Crippen LogP) is 3.67. The van der Waals surface area contributed by atoms with E-state index < -0.39 is 17.2 Å². The van der Waals surface area contributed by atoms with Gasteiger partial charge in [-0.25, -0.2) is 13.8 Å². The monoisotopic (exact) mass is 329 g/mol. The van der Waals surface area contributed by atoms with Crippen molar-refractivity contribution >= 4 is 5.57 Å². The molecule has 2 heterocycles. The second-order valence-corrected chi connectivity index (χ2v) is 6.55. The first-order valence-electron chi connectivity index (χ1n) is 7.94. The Hall–Kier alpha value is -2.11. The van der Waals surface area contributed by atoms with E-state index in [1.54, 1.807) is 6.07 Å². The number of pyridine rings is 1. The Bertz CT molecular complexity index is 809. The smallest absolute Gasteiger partial charge is 0.155 e. The molecule has 1 aromatic heterocycles. The van der Waals surface area contributed by atoms with Gasteiger partial charge in [0.25, 0.3) is 0 Å². The number of ether oxygens (including phenoxy) is 1. The predicted molar refractivity (Wildman–Crippen MR) is 86.1 cm³/mol. The minimum absolute atomic E-state index is 0.0478. The lowest BCUT2D eigenvalue weighted by molar-refractivity contribution is -0.186. The molecule has 124 valence electrons. The molecule has 2 aromatic rings. The number of nitrogens with zero attached hydrogens (tertiary/aromatic N) is 1. The van der Waals surface area contributed by atoms with Gasteiger partial charge in [0.05, 0.1) is 18.9 Å². The van der Waals surface area contributed by atoms with Crippen molar-refractivity contribution < 1.29 is 18.6 Å². The van der Waals surface area contributed by atoms with E-state index in [4.69, 9.17) is 4.74 Å². The summed E-state index contributed by atoms with van der Waals surface area (Å²) in [7, 11) is 0. The van der Waals surface area contributed by atoms with Crippen molar-refractivity contribution in [3.63, 3.8) is 0 Å². The third-order valence-corrected chi connectivity index (χ3v) is 4.66. The molecule has 1 saturated carbocycles. The van der Waals surface area contributed by atoms with Crippen molar-refractivity contribution in [2.24, 2.45) is 5.92 Å². The standard InChI is InChI=1S/C19H17F2NO2/c1-11(12-2-3-12)16-8-15(19(23)9-24-10-19)17(21)18(22-16)13-4-6-14(20)7-5-13/h4-8,12,23H,1-3,9-10H2. The van der Waals surface area contributed by atoms with Crippen molar-refractivity contribution in [1.82, 2.24) is 4.98 Å². The van der Waals surface area contributed by atoms with Crippen LogP contribution >= 0.6 is 0 Å². The summed E-state index contributed by atoms with van der Waals surface area (Å²) in [5.41, 5.74) is 0.811. The van der Waals surface area contributed by atoms with Crippen LogP contribution in [0.2, 0.25) is 0 Å². The lowest BCUT2D eigenvalue weighted by Crippen LogP contribution is -2.47. The Labute approximate surface area is 138 Å². The average Bonchev–Trinajstić information content (AvgIpc) is 3.38. The van der Waals surface area contributed by atoms with Crippen molar-refractivity contribution in [1.29, 1.82) is 0 Å². The lowest BCUT2D eigenvalue weighted by Gasteiger charge is -2.37. The second-order valence-electron chi connectivity index (χ2n) is 6.55. The first kappa shape index (κ1) is 15.4. The Kier molecular flexibility index (Phi) is 3.51. The molecule has 3 nitrogen and oxygen atoms in total. The summed E-state index contributed by atoms with van der Waals surface area (Å²) in [5, 5.41) is 10.6. The maximum absolute atomic E-state index is 15.0. The van der Waals surface area contributed by atoms with Gasteiger partial charge < -0.3 is 9.84 Å². The number of benzene rings is 1. The van der Waals surface area contributed by atoms with Crippen LogP contribution in [-0.4, -0.2) is 23.3 Å². The van der Waals surface area contributed by atoms with Crippen molar-refractivity contribution in [3.05, 3.63) is 59.8 Å². The number of hydrogen-bond acceptors (Lipinski definition) is 3. The summed E-state index contributed by atoms with van der Waals surface area (Å²) in [4.78, 5) is 4.42. The molecular weight excluding hydrogens is 312 g/mol. The van der Waals surface area contributed by atoms with Crippen LogP contribution in [0.4, 0.5) is 8.78 Å². The normalized spacial score (nSPS) is 19.0. The zero-order valence-corrected chi connectivity index (χ0v) is 13.1. The molecule has 0 atom stereocenters. The van der Waals surface area contributed by atoms with Crippen molar-refractivity contribution in [3.8, 4) is 11.3 Å². The van der Waals surface area contributed by atoms with Crippen molar-refractivity contribution in [2.75, 3.05) is 13.2 Å². The first-order chi connectivity index (χ1) is 11.5. The number of allylic oxidation sites excluding steroid dienone is 1. The highest BCUT2D eigenvalue weighted by molar-refractivity contribution is 5.70. The van der Waals surface area contributed by atoms with Gasteiger partial charge in [-0.2, -0.15) is 0 Å². The third kappa shape index (κ3) is 2.54. The van der Waals surface area contributed by atoms with Gasteiger partial charge in [0.1, 0.15) is 17.1 Å². The van der Waals surface area contributed by atoms with Crippen molar-refractivity contribution in [2.45, 2.75) is 18.4 Å². The van der Waals surface area contributed by atoms with Crippen LogP contribution in [0.1, 0.15) is 24.1 Å². The molecule has 1 aromatic carbocycles. The zero-order chi connectivity index (χ0) is 16.9. The van der Waals surface area contributed by atoms with E-state index >= 15 is 4.39 Å². The van der Waals surface area contributed by atoms with Crippen LogP contribution in [-0.2, 0) is 10.3 Å². The Morgan fingerprint density at radius 1 is 1.21 bits per heavy atom. The fourth-order valence-electron chi connectivity index (χ4n) is 2.92. The van der Waals surface area contributed by atoms with E-state index in [0.717, 1.165) is 18.4 Å². The average molecular weight is 329 g/mol. The Balaban J connectivity index is 1.87. The van der Waals surface area contributed by atoms with E-state index in [2.05, 4.69) is 11.6 Å². The Morgan fingerprint density at radius 2 is 1.88 bits per heavy atom. The molecule has 5 heteroatoms.